The van der Waals surface area contributed by atoms with Crippen LogP contribution in [-0.2, 0) is 9.47 Å². The van der Waals surface area contributed by atoms with Crippen LogP contribution in [0.4, 0.5) is 26.7 Å². The quantitative estimate of drug-likeness (QED) is 0.340. The molecule has 0 bridgehead atoms. The zero-order valence-corrected chi connectivity index (χ0v) is 22.3. The number of urea groups is 1. The summed E-state index contributed by atoms with van der Waals surface area (Å²) in [5.41, 5.74) is 0.497. The second-order valence-electron chi connectivity index (χ2n) is 9.55. The van der Waals surface area contributed by atoms with E-state index in [9.17, 15) is 31.5 Å². The Bertz CT molecular complexity index is 1400. The summed E-state index contributed by atoms with van der Waals surface area (Å²) in [7, 11) is 1.34. The van der Waals surface area contributed by atoms with E-state index in [2.05, 4.69) is 35.7 Å². The van der Waals surface area contributed by atoms with Crippen molar-refractivity contribution >= 4 is 17.6 Å². The molecule has 4 rings (SSSR count). The summed E-state index contributed by atoms with van der Waals surface area (Å²) in [6.07, 6.45) is -5.40. The monoisotopic (exact) mass is 590 g/mol. The standard InChI is InChI=1S/C23H27F5N8O5/c1-11-18(34-41-33-11)20(37)32-19(12(2)40-13(3)23(26,27)28)15-7-36-17(31-15)5-14(6-30-36)16(8-39-4)35-10-22(24,25)9-29-21(35)38/h5-7,12-13,16,19H,8-10H2,1-4H3,(H,29,38)(H,32,37)/t12-,13-,16-,19+/m1/s1. The van der Waals surface area contributed by atoms with Crippen LogP contribution in [0.15, 0.2) is 23.1 Å². The molecule has 4 heterocycles. The van der Waals surface area contributed by atoms with E-state index >= 15 is 0 Å². The van der Waals surface area contributed by atoms with Gasteiger partial charge in [0.2, 0.25) is 0 Å². The van der Waals surface area contributed by atoms with E-state index in [1.54, 1.807) is 0 Å². The molecule has 4 atom stereocenters. The van der Waals surface area contributed by atoms with E-state index in [1.165, 1.54) is 43.9 Å². The van der Waals surface area contributed by atoms with Crippen LogP contribution < -0.4 is 10.6 Å². The molecular weight excluding hydrogens is 563 g/mol. The van der Waals surface area contributed by atoms with Crippen LogP contribution in [0.5, 0.6) is 0 Å². The highest BCUT2D eigenvalue weighted by Crippen LogP contribution is 2.30. The first-order chi connectivity index (χ1) is 19.2. The van der Waals surface area contributed by atoms with Crippen LogP contribution in [0.3, 0.4) is 0 Å². The van der Waals surface area contributed by atoms with E-state index < -0.39 is 61.4 Å². The van der Waals surface area contributed by atoms with Crippen molar-refractivity contribution in [3.63, 3.8) is 0 Å². The Morgan fingerprint density at radius 3 is 2.66 bits per heavy atom. The van der Waals surface area contributed by atoms with Gasteiger partial charge >= 0.3 is 12.2 Å². The lowest BCUT2D eigenvalue weighted by Gasteiger charge is -2.38. The number of halogens is 5. The number of fused-ring (bicyclic) bond motifs is 1. The second-order valence-corrected chi connectivity index (χ2v) is 9.55. The summed E-state index contributed by atoms with van der Waals surface area (Å²) in [5, 5.41) is 16.0. The molecule has 1 saturated heterocycles. The predicted molar refractivity (Wildman–Crippen MR) is 128 cm³/mol. The Kier molecular flexibility index (Phi) is 8.44. The molecule has 1 fully saturated rings. The Hall–Kier alpha value is -3.93. The lowest BCUT2D eigenvalue weighted by atomic mass is 10.1. The summed E-state index contributed by atoms with van der Waals surface area (Å²) in [6.45, 7) is 1.82. The van der Waals surface area contributed by atoms with E-state index in [1.807, 2.05) is 0 Å². The summed E-state index contributed by atoms with van der Waals surface area (Å²) < 4.78 is 84.0. The number of ether oxygens (including phenoxy) is 2. The minimum absolute atomic E-state index is 0.0736. The van der Waals surface area contributed by atoms with Crippen molar-refractivity contribution in [1.82, 2.24) is 40.4 Å². The SMILES string of the molecule is COC[C@H](c1cnn2cc([C@@H](NC(=O)c3nonc3C)[C@@H](C)O[C@H](C)C(F)(F)F)nc2c1)N1CC(F)(F)CNC1=O. The number of methoxy groups -OCH3 is 1. The number of amides is 3. The average molecular weight is 591 g/mol. The third-order valence-corrected chi connectivity index (χ3v) is 6.43. The average Bonchev–Trinajstić information content (AvgIpc) is 3.52. The summed E-state index contributed by atoms with van der Waals surface area (Å²) in [4.78, 5) is 30.6. The van der Waals surface area contributed by atoms with Gasteiger partial charge in [-0.1, -0.05) is 5.16 Å². The van der Waals surface area contributed by atoms with Crippen LogP contribution in [-0.4, -0.2) is 92.9 Å². The fraction of sp³-hybridized carbons (Fsp3) is 0.565. The smallest absolute Gasteiger partial charge is 0.382 e. The predicted octanol–water partition coefficient (Wildman–Crippen LogP) is 2.60. The number of rotatable bonds is 10. The lowest BCUT2D eigenvalue weighted by Crippen LogP contribution is -2.58. The maximum Gasteiger partial charge on any atom is 0.414 e. The molecule has 13 nitrogen and oxygen atoms in total. The molecule has 0 unspecified atom stereocenters. The topological polar surface area (TPSA) is 149 Å². The lowest BCUT2D eigenvalue weighted by molar-refractivity contribution is -0.227. The summed E-state index contributed by atoms with van der Waals surface area (Å²) >= 11 is 0. The Labute approximate surface area is 229 Å². The Morgan fingerprint density at radius 2 is 2.02 bits per heavy atom. The second kappa shape index (κ2) is 11.5. The van der Waals surface area contributed by atoms with Crippen molar-refractivity contribution in [2.75, 3.05) is 26.8 Å². The van der Waals surface area contributed by atoms with Gasteiger partial charge in [-0.05, 0) is 32.0 Å². The fourth-order valence-corrected chi connectivity index (χ4v) is 4.26. The molecule has 3 aromatic heterocycles. The van der Waals surface area contributed by atoms with Crippen molar-refractivity contribution in [2.45, 2.75) is 57.2 Å². The first-order valence-corrected chi connectivity index (χ1v) is 12.3. The van der Waals surface area contributed by atoms with Gasteiger partial charge in [0.05, 0.1) is 56.0 Å². The third kappa shape index (κ3) is 6.70. The molecular formula is C23H27F5N8O5. The first kappa shape index (κ1) is 30.0. The molecule has 0 aromatic carbocycles. The van der Waals surface area contributed by atoms with Gasteiger partial charge in [-0.15, -0.1) is 0 Å². The van der Waals surface area contributed by atoms with Gasteiger partial charge in [0.25, 0.3) is 11.8 Å². The van der Waals surface area contributed by atoms with Gasteiger partial charge in [-0.25, -0.2) is 27.7 Å². The van der Waals surface area contributed by atoms with Crippen LogP contribution in [0.2, 0.25) is 0 Å². The molecule has 2 N–H and O–H groups in total. The molecule has 0 saturated carbocycles. The van der Waals surface area contributed by atoms with Gasteiger partial charge in [-0.3, -0.25) is 4.79 Å². The van der Waals surface area contributed by atoms with E-state index in [0.29, 0.717) is 5.56 Å². The molecule has 41 heavy (non-hydrogen) atoms. The highest BCUT2D eigenvalue weighted by Gasteiger charge is 2.43. The first-order valence-electron chi connectivity index (χ1n) is 12.3. The third-order valence-electron chi connectivity index (χ3n) is 6.43. The highest BCUT2D eigenvalue weighted by atomic mass is 19.4. The number of imidazole rings is 1. The molecule has 0 aliphatic carbocycles. The largest absolute Gasteiger partial charge is 0.414 e. The Morgan fingerprint density at radius 1 is 1.29 bits per heavy atom. The summed E-state index contributed by atoms with van der Waals surface area (Å²) in [5.74, 6) is -3.98. The normalized spacial score (nSPS) is 18.6. The van der Waals surface area contributed by atoms with E-state index in [0.717, 1.165) is 11.8 Å². The molecule has 1 aliphatic heterocycles. The number of hydrogen-bond donors (Lipinski definition) is 2. The van der Waals surface area contributed by atoms with Crippen molar-refractivity contribution in [2.24, 2.45) is 0 Å². The maximum absolute atomic E-state index is 14.1. The van der Waals surface area contributed by atoms with Crippen molar-refractivity contribution in [1.29, 1.82) is 0 Å². The highest BCUT2D eigenvalue weighted by molar-refractivity contribution is 5.93. The number of carbonyl (C=O) groups excluding carboxylic acids is 2. The number of aromatic nitrogens is 5. The van der Waals surface area contributed by atoms with Crippen molar-refractivity contribution < 1.29 is 45.6 Å². The minimum atomic E-state index is -4.67. The zero-order chi connectivity index (χ0) is 30.1. The number of aryl methyl sites for hydroxylation is 1. The molecule has 0 spiro atoms. The van der Waals surface area contributed by atoms with Crippen molar-refractivity contribution in [3.8, 4) is 0 Å². The number of alkyl halides is 5. The molecule has 224 valence electrons. The number of hydrogen-bond acceptors (Lipinski definition) is 9. The van der Waals surface area contributed by atoms with Gasteiger partial charge in [0, 0.05) is 12.7 Å². The van der Waals surface area contributed by atoms with Crippen molar-refractivity contribution in [3.05, 3.63) is 41.1 Å². The summed E-state index contributed by atoms with van der Waals surface area (Å²) in [6, 6.07) is -1.44. The van der Waals surface area contributed by atoms with Gasteiger partial charge < -0.3 is 25.0 Å². The molecule has 0 radical (unpaired) electrons. The fourth-order valence-electron chi connectivity index (χ4n) is 4.26. The van der Waals surface area contributed by atoms with Crippen LogP contribution >= 0.6 is 0 Å². The van der Waals surface area contributed by atoms with Gasteiger partial charge in [-0.2, -0.15) is 18.3 Å². The minimum Gasteiger partial charge on any atom is -0.382 e. The Balaban J connectivity index is 1.68. The molecule has 18 heteroatoms. The zero-order valence-electron chi connectivity index (χ0n) is 22.3. The van der Waals surface area contributed by atoms with Crippen LogP contribution in [0.25, 0.3) is 5.65 Å². The molecule has 1 aliphatic rings. The van der Waals surface area contributed by atoms with Crippen LogP contribution in [0.1, 0.15) is 53.4 Å². The number of nitrogens with one attached hydrogen (secondary N) is 2. The number of nitrogens with zero attached hydrogens (tertiary/aromatic N) is 6. The number of carbonyl (C=O) groups is 2. The van der Waals surface area contributed by atoms with Gasteiger partial charge in [0.15, 0.2) is 17.4 Å². The maximum atomic E-state index is 14.1. The van der Waals surface area contributed by atoms with Gasteiger partial charge in [0.1, 0.15) is 5.69 Å². The molecule has 3 aromatic rings. The van der Waals surface area contributed by atoms with E-state index in [-0.39, 0.29) is 29.3 Å². The molecule has 3 amide bonds. The van der Waals surface area contributed by atoms with E-state index in [4.69, 9.17) is 9.47 Å². The van der Waals surface area contributed by atoms with Crippen LogP contribution in [0, 0.1) is 6.92 Å².